The number of likely N-dealkylation sites (tertiary alicyclic amines) is 1. The number of hydrogen-bond donors (Lipinski definition) is 1. The Morgan fingerprint density at radius 1 is 1.28 bits per heavy atom. The maximum absolute atomic E-state index is 5.78. The van der Waals surface area contributed by atoms with E-state index in [1.54, 1.807) is 0 Å². The van der Waals surface area contributed by atoms with Gasteiger partial charge in [-0.3, -0.25) is 0 Å². The van der Waals surface area contributed by atoms with Gasteiger partial charge in [-0.1, -0.05) is 20.8 Å². The van der Waals surface area contributed by atoms with Gasteiger partial charge in [-0.2, -0.15) is 0 Å². The van der Waals surface area contributed by atoms with Gasteiger partial charge in [-0.15, -0.1) is 0 Å². The lowest BCUT2D eigenvalue weighted by molar-refractivity contribution is -0.0238. The van der Waals surface area contributed by atoms with Crippen LogP contribution in [0.4, 0.5) is 0 Å². The summed E-state index contributed by atoms with van der Waals surface area (Å²) in [4.78, 5) is 2.66. The number of nitrogens with one attached hydrogen (secondary N) is 1. The minimum absolute atomic E-state index is 0.356. The molecule has 2 fully saturated rings. The summed E-state index contributed by atoms with van der Waals surface area (Å²) in [6.07, 6.45) is 3.88. The highest BCUT2D eigenvalue weighted by atomic mass is 16.5. The lowest BCUT2D eigenvalue weighted by Crippen LogP contribution is -2.48. The molecule has 1 unspecified atom stereocenters. The number of nitrogens with zero attached hydrogens (tertiary/aromatic N) is 1. The first-order valence-corrected chi connectivity index (χ1v) is 7.56. The largest absolute Gasteiger partial charge is 0.381 e. The number of hydrogen-bond acceptors (Lipinski definition) is 3. The molecule has 2 heterocycles. The second kappa shape index (κ2) is 5.89. The third-order valence-corrected chi connectivity index (χ3v) is 4.47. The molecule has 1 N–H and O–H groups in total. The lowest BCUT2D eigenvalue weighted by atomic mass is 9.81. The molecule has 0 bridgehead atoms. The molecule has 3 heteroatoms. The zero-order valence-corrected chi connectivity index (χ0v) is 12.4. The zero-order chi connectivity index (χ0) is 13.1. The first-order valence-electron chi connectivity index (χ1n) is 7.56. The van der Waals surface area contributed by atoms with E-state index >= 15 is 0 Å². The average Bonchev–Trinajstić information content (AvgIpc) is 2.67. The van der Waals surface area contributed by atoms with Crippen LogP contribution in [0.1, 0.15) is 40.0 Å². The fraction of sp³-hybridized carbons (Fsp3) is 1.00. The summed E-state index contributed by atoms with van der Waals surface area (Å²) in [5, 5.41) is 3.55. The first kappa shape index (κ1) is 14.3. The minimum atomic E-state index is 0.356. The van der Waals surface area contributed by atoms with E-state index in [0.717, 1.165) is 26.3 Å². The predicted molar refractivity (Wildman–Crippen MR) is 75.9 cm³/mol. The second-order valence-corrected chi connectivity index (χ2v) is 7.06. The summed E-state index contributed by atoms with van der Waals surface area (Å²) in [5.41, 5.74) is 0.865. The van der Waals surface area contributed by atoms with Crippen molar-refractivity contribution in [1.82, 2.24) is 10.2 Å². The van der Waals surface area contributed by atoms with Crippen molar-refractivity contribution in [1.29, 1.82) is 0 Å². The highest BCUT2D eigenvalue weighted by Crippen LogP contribution is 2.34. The van der Waals surface area contributed by atoms with Crippen LogP contribution in [-0.2, 0) is 4.74 Å². The SMILES string of the molecule is CCNCC1(CN2CCC(C)(C)C2)CCCOC1. The third-order valence-electron chi connectivity index (χ3n) is 4.47. The Kier molecular flexibility index (Phi) is 4.68. The Morgan fingerprint density at radius 3 is 2.67 bits per heavy atom. The Hall–Kier alpha value is -0.120. The molecule has 106 valence electrons. The standard InChI is InChI=1S/C15H30N2O/c1-4-16-10-15(6-5-9-18-13-15)12-17-8-7-14(2,3)11-17/h16H,4-13H2,1-3H3. The Bertz CT molecular complexity index is 259. The number of rotatable bonds is 5. The van der Waals surface area contributed by atoms with Crippen LogP contribution in [0.25, 0.3) is 0 Å². The molecular formula is C15H30N2O. The minimum Gasteiger partial charge on any atom is -0.381 e. The van der Waals surface area contributed by atoms with Gasteiger partial charge in [0.05, 0.1) is 6.61 Å². The van der Waals surface area contributed by atoms with Crippen LogP contribution < -0.4 is 5.32 Å². The van der Waals surface area contributed by atoms with Gasteiger partial charge in [0.15, 0.2) is 0 Å². The van der Waals surface area contributed by atoms with Gasteiger partial charge in [0.25, 0.3) is 0 Å². The molecular weight excluding hydrogens is 224 g/mol. The van der Waals surface area contributed by atoms with E-state index in [1.807, 2.05) is 0 Å². The highest BCUT2D eigenvalue weighted by molar-refractivity contribution is 4.91. The maximum atomic E-state index is 5.78. The monoisotopic (exact) mass is 254 g/mol. The van der Waals surface area contributed by atoms with E-state index in [1.165, 1.54) is 38.9 Å². The molecule has 0 saturated carbocycles. The fourth-order valence-corrected chi connectivity index (χ4v) is 3.45. The summed E-state index contributed by atoms with van der Waals surface area (Å²) in [6, 6.07) is 0. The van der Waals surface area contributed by atoms with Crippen LogP contribution in [0.3, 0.4) is 0 Å². The van der Waals surface area contributed by atoms with Crippen LogP contribution >= 0.6 is 0 Å². The molecule has 2 aliphatic heterocycles. The van der Waals surface area contributed by atoms with Crippen LogP contribution in [0, 0.1) is 10.8 Å². The zero-order valence-electron chi connectivity index (χ0n) is 12.4. The highest BCUT2D eigenvalue weighted by Gasteiger charge is 2.38. The van der Waals surface area contributed by atoms with E-state index < -0.39 is 0 Å². The molecule has 0 amide bonds. The quantitative estimate of drug-likeness (QED) is 0.813. The predicted octanol–water partition coefficient (Wildman–Crippen LogP) is 2.12. The van der Waals surface area contributed by atoms with Gasteiger partial charge < -0.3 is 15.0 Å². The van der Waals surface area contributed by atoms with Gasteiger partial charge in [0, 0.05) is 31.7 Å². The fourth-order valence-electron chi connectivity index (χ4n) is 3.45. The molecule has 2 rings (SSSR count). The molecule has 2 saturated heterocycles. The van der Waals surface area contributed by atoms with Crippen molar-refractivity contribution in [3.63, 3.8) is 0 Å². The van der Waals surface area contributed by atoms with Crippen LogP contribution in [0.2, 0.25) is 0 Å². The van der Waals surface area contributed by atoms with Gasteiger partial charge >= 0.3 is 0 Å². The summed E-state index contributed by atoms with van der Waals surface area (Å²) in [5.74, 6) is 0. The van der Waals surface area contributed by atoms with Gasteiger partial charge in [0.1, 0.15) is 0 Å². The molecule has 1 atom stereocenters. The molecule has 0 radical (unpaired) electrons. The van der Waals surface area contributed by atoms with Crippen molar-refractivity contribution in [3.8, 4) is 0 Å². The normalized spacial score (nSPS) is 32.8. The summed E-state index contributed by atoms with van der Waals surface area (Å²) < 4.78 is 5.78. The maximum Gasteiger partial charge on any atom is 0.0546 e. The van der Waals surface area contributed by atoms with E-state index in [-0.39, 0.29) is 0 Å². The molecule has 0 aliphatic carbocycles. The Balaban J connectivity index is 1.92. The second-order valence-electron chi connectivity index (χ2n) is 7.06. The lowest BCUT2D eigenvalue weighted by Gasteiger charge is -2.40. The van der Waals surface area contributed by atoms with Gasteiger partial charge in [-0.05, 0) is 37.8 Å². The van der Waals surface area contributed by atoms with Crippen molar-refractivity contribution in [2.24, 2.45) is 10.8 Å². The summed E-state index contributed by atoms with van der Waals surface area (Å²) in [7, 11) is 0. The van der Waals surface area contributed by atoms with Crippen molar-refractivity contribution in [2.75, 3.05) is 45.9 Å². The topological polar surface area (TPSA) is 24.5 Å². The summed E-state index contributed by atoms with van der Waals surface area (Å²) in [6.45, 7) is 14.8. The smallest absolute Gasteiger partial charge is 0.0546 e. The molecule has 0 aromatic heterocycles. The average molecular weight is 254 g/mol. The summed E-state index contributed by atoms with van der Waals surface area (Å²) >= 11 is 0. The van der Waals surface area contributed by atoms with E-state index in [4.69, 9.17) is 4.74 Å². The van der Waals surface area contributed by atoms with Crippen molar-refractivity contribution >= 4 is 0 Å². The molecule has 3 nitrogen and oxygen atoms in total. The molecule has 2 aliphatic rings. The third kappa shape index (κ3) is 3.69. The van der Waals surface area contributed by atoms with E-state index in [9.17, 15) is 0 Å². The van der Waals surface area contributed by atoms with E-state index in [0.29, 0.717) is 10.8 Å². The van der Waals surface area contributed by atoms with E-state index in [2.05, 4.69) is 31.0 Å². The first-order chi connectivity index (χ1) is 8.55. The number of ether oxygens (including phenoxy) is 1. The van der Waals surface area contributed by atoms with Crippen molar-refractivity contribution in [3.05, 3.63) is 0 Å². The van der Waals surface area contributed by atoms with Crippen LogP contribution in [0.15, 0.2) is 0 Å². The molecule has 0 spiro atoms. The molecule has 0 aromatic rings. The molecule has 0 aromatic carbocycles. The van der Waals surface area contributed by atoms with Crippen LogP contribution in [-0.4, -0.2) is 50.8 Å². The van der Waals surface area contributed by atoms with Gasteiger partial charge in [0.2, 0.25) is 0 Å². The Labute approximate surface area is 112 Å². The van der Waals surface area contributed by atoms with Crippen molar-refractivity contribution < 1.29 is 4.74 Å². The molecule has 18 heavy (non-hydrogen) atoms. The van der Waals surface area contributed by atoms with Gasteiger partial charge in [-0.25, -0.2) is 0 Å². The van der Waals surface area contributed by atoms with Crippen LogP contribution in [0.5, 0.6) is 0 Å². The Morgan fingerprint density at radius 2 is 2.11 bits per heavy atom. The van der Waals surface area contributed by atoms with Crippen molar-refractivity contribution in [2.45, 2.75) is 40.0 Å².